The lowest BCUT2D eigenvalue weighted by atomic mass is 10.2. The van der Waals surface area contributed by atoms with Crippen molar-refractivity contribution in [3.05, 3.63) is 42.1 Å². The smallest absolute Gasteiger partial charge is 0.223 e. The molecule has 0 amide bonds. The van der Waals surface area contributed by atoms with Gasteiger partial charge in [0.25, 0.3) is 10.0 Å². The highest BCUT2D eigenvalue weighted by Crippen LogP contribution is 2.29. The first kappa shape index (κ1) is 13.6. The molecular formula is C10H8F3N3O2S. The Bertz CT molecular complexity index is 690. The minimum absolute atomic E-state index is 0.169. The molecule has 102 valence electrons. The summed E-state index contributed by atoms with van der Waals surface area (Å²) in [6, 6.07) is 5.07. The number of nitrogens with two attached hydrogens (primary N) is 1. The van der Waals surface area contributed by atoms with Crippen LogP contribution in [-0.4, -0.2) is 18.2 Å². The average molecular weight is 291 g/mol. The quantitative estimate of drug-likeness (QED) is 0.911. The van der Waals surface area contributed by atoms with Crippen LogP contribution in [0.5, 0.6) is 0 Å². The highest BCUT2D eigenvalue weighted by Gasteiger charge is 2.30. The van der Waals surface area contributed by atoms with Crippen molar-refractivity contribution >= 4 is 10.0 Å². The maximum Gasteiger partial charge on any atom is 0.416 e. The number of rotatable bonds is 2. The Kier molecular flexibility index (Phi) is 3.11. The van der Waals surface area contributed by atoms with Crippen LogP contribution in [0, 0.1) is 0 Å². The van der Waals surface area contributed by atoms with Crippen LogP contribution in [0.25, 0.3) is 5.69 Å². The van der Waals surface area contributed by atoms with Crippen molar-refractivity contribution in [2.75, 3.05) is 0 Å². The second-order valence-corrected chi connectivity index (χ2v) is 5.18. The molecule has 0 aliphatic rings. The average Bonchev–Trinajstić information content (AvgIpc) is 2.76. The van der Waals surface area contributed by atoms with Crippen molar-refractivity contribution in [1.29, 1.82) is 0 Å². The van der Waals surface area contributed by atoms with Crippen LogP contribution >= 0.6 is 0 Å². The molecule has 9 heteroatoms. The summed E-state index contributed by atoms with van der Waals surface area (Å²) in [5.41, 5.74) is -0.664. The molecule has 5 nitrogen and oxygen atoms in total. The maximum absolute atomic E-state index is 12.4. The van der Waals surface area contributed by atoms with Crippen molar-refractivity contribution in [2.45, 2.75) is 11.2 Å². The predicted octanol–water partition coefficient (Wildman–Crippen LogP) is 1.54. The SMILES string of the molecule is NS(=O)(=O)c1ccnn1-c1ccc(C(F)(F)F)cc1. The van der Waals surface area contributed by atoms with Crippen molar-refractivity contribution in [3.63, 3.8) is 0 Å². The van der Waals surface area contributed by atoms with Crippen molar-refractivity contribution in [2.24, 2.45) is 5.14 Å². The minimum atomic E-state index is -4.45. The molecule has 0 unspecified atom stereocenters. The summed E-state index contributed by atoms with van der Waals surface area (Å²) >= 11 is 0. The maximum atomic E-state index is 12.4. The van der Waals surface area contributed by atoms with Crippen LogP contribution in [0.1, 0.15) is 5.56 Å². The van der Waals surface area contributed by atoms with Gasteiger partial charge >= 0.3 is 6.18 Å². The zero-order valence-electron chi connectivity index (χ0n) is 9.29. The van der Waals surface area contributed by atoms with E-state index in [-0.39, 0.29) is 10.7 Å². The fourth-order valence-corrected chi connectivity index (χ4v) is 2.14. The molecule has 1 aromatic carbocycles. The third-order valence-electron chi connectivity index (χ3n) is 2.34. The molecule has 0 bridgehead atoms. The number of primary sulfonamides is 1. The van der Waals surface area contributed by atoms with E-state index >= 15 is 0 Å². The molecule has 19 heavy (non-hydrogen) atoms. The number of benzene rings is 1. The molecular weight excluding hydrogens is 283 g/mol. The van der Waals surface area contributed by atoms with Gasteiger partial charge in [-0.15, -0.1) is 0 Å². The third-order valence-corrected chi connectivity index (χ3v) is 3.23. The monoisotopic (exact) mass is 291 g/mol. The topological polar surface area (TPSA) is 78.0 Å². The predicted molar refractivity (Wildman–Crippen MR) is 59.9 cm³/mol. The van der Waals surface area contributed by atoms with E-state index < -0.39 is 21.8 Å². The summed E-state index contributed by atoms with van der Waals surface area (Å²) in [5.74, 6) is 0. The molecule has 0 aliphatic heterocycles. The van der Waals surface area contributed by atoms with Crippen LogP contribution in [0.15, 0.2) is 41.6 Å². The standard InChI is InChI=1S/C10H8F3N3O2S/c11-10(12,13)7-1-3-8(4-2-7)16-9(5-6-15-16)19(14,17)18/h1-6H,(H2,14,17,18). The zero-order chi connectivity index (χ0) is 14.3. The first-order valence-electron chi connectivity index (χ1n) is 4.94. The molecule has 2 rings (SSSR count). The number of halogens is 3. The van der Waals surface area contributed by atoms with Crippen LogP contribution < -0.4 is 5.14 Å². The van der Waals surface area contributed by atoms with Crippen molar-refractivity contribution < 1.29 is 21.6 Å². The summed E-state index contributed by atoms with van der Waals surface area (Å²) in [4.78, 5) is 0. The van der Waals surface area contributed by atoms with E-state index in [1.165, 1.54) is 6.20 Å². The van der Waals surface area contributed by atoms with Crippen LogP contribution in [0.4, 0.5) is 13.2 Å². The molecule has 0 spiro atoms. The van der Waals surface area contributed by atoms with Gasteiger partial charge in [0.2, 0.25) is 0 Å². The van der Waals surface area contributed by atoms with E-state index in [4.69, 9.17) is 5.14 Å². The van der Waals surface area contributed by atoms with Crippen molar-refractivity contribution in [3.8, 4) is 5.69 Å². The van der Waals surface area contributed by atoms with E-state index in [0.717, 1.165) is 35.0 Å². The molecule has 0 aliphatic carbocycles. The van der Waals surface area contributed by atoms with Crippen LogP contribution in [0.3, 0.4) is 0 Å². The highest BCUT2D eigenvalue weighted by molar-refractivity contribution is 7.89. The van der Waals surface area contributed by atoms with Gasteiger partial charge in [0.1, 0.15) is 0 Å². The van der Waals surface area contributed by atoms with E-state index in [0.29, 0.717) is 0 Å². The number of hydrogen-bond donors (Lipinski definition) is 1. The van der Waals surface area contributed by atoms with Crippen LogP contribution in [-0.2, 0) is 16.2 Å². The normalized spacial score (nSPS) is 12.6. The Balaban J connectivity index is 2.48. The summed E-state index contributed by atoms with van der Waals surface area (Å²) in [6.45, 7) is 0. The largest absolute Gasteiger partial charge is 0.416 e. The Labute approximate surface area is 106 Å². The van der Waals surface area contributed by atoms with E-state index in [1.54, 1.807) is 0 Å². The first-order valence-corrected chi connectivity index (χ1v) is 6.49. The van der Waals surface area contributed by atoms with Gasteiger partial charge in [0, 0.05) is 0 Å². The fourth-order valence-electron chi connectivity index (χ4n) is 1.49. The van der Waals surface area contributed by atoms with E-state index in [9.17, 15) is 21.6 Å². The van der Waals surface area contributed by atoms with Gasteiger partial charge in [-0.1, -0.05) is 0 Å². The second kappa shape index (κ2) is 4.35. The lowest BCUT2D eigenvalue weighted by molar-refractivity contribution is -0.137. The van der Waals surface area contributed by atoms with Crippen LogP contribution in [0.2, 0.25) is 0 Å². The number of nitrogens with zero attached hydrogens (tertiary/aromatic N) is 2. The Morgan fingerprint density at radius 1 is 1.11 bits per heavy atom. The van der Waals surface area contributed by atoms with Crippen molar-refractivity contribution in [1.82, 2.24) is 9.78 Å². The lowest BCUT2D eigenvalue weighted by Gasteiger charge is -2.09. The van der Waals surface area contributed by atoms with Gasteiger partial charge in [0.05, 0.1) is 17.4 Å². The zero-order valence-corrected chi connectivity index (χ0v) is 10.1. The lowest BCUT2D eigenvalue weighted by Crippen LogP contribution is -2.17. The van der Waals surface area contributed by atoms with Gasteiger partial charge in [-0.2, -0.15) is 18.3 Å². The fraction of sp³-hybridized carbons (Fsp3) is 0.100. The molecule has 2 N–H and O–H groups in total. The second-order valence-electron chi connectivity index (χ2n) is 3.67. The molecule has 0 fully saturated rings. The Morgan fingerprint density at radius 3 is 2.16 bits per heavy atom. The number of aromatic nitrogens is 2. The summed E-state index contributed by atoms with van der Waals surface area (Å²) in [6.07, 6.45) is -3.26. The van der Waals surface area contributed by atoms with E-state index in [2.05, 4.69) is 5.10 Å². The molecule has 0 saturated carbocycles. The summed E-state index contributed by atoms with van der Waals surface area (Å²) < 4.78 is 60.6. The van der Waals surface area contributed by atoms with Gasteiger partial charge in [0.15, 0.2) is 5.03 Å². The Morgan fingerprint density at radius 2 is 1.68 bits per heavy atom. The Hall–Kier alpha value is -1.87. The molecule has 0 radical (unpaired) electrons. The van der Waals surface area contributed by atoms with E-state index in [1.807, 2.05) is 0 Å². The number of hydrogen-bond acceptors (Lipinski definition) is 3. The number of alkyl halides is 3. The highest BCUT2D eigenvalue weighted by atomic mass is 32.2. The molecule has 2 aromatic rings. The summed E-state index contributed by atoms with van der Waals surface area (Å²) in [5, 5.41) is 8.39. The first-order chi connectivity index (χ1) is 8.69. The molecule has 1 aromatic heterocycles. The molecule has 1 heterocycles. The molecule has 0 atom stereocenters. The van der Waals surface area contributed by atoms with Gasteiger partial charge in [-0.25, -0.2) is 18.2 Å². The van der Waals surface area contributed by atoms with Gasteiger partial charge in [-0.05, 0) is 30.3 Å². The summed E-state index contributed by atoms with van der Waals surface area (Å²) in [7, 11) is -4.00. The molecule has 0 saturated heterocycles. The minimum Gasteiger partial charge on any atom is -0.223 e. The third kappa shape index (κ3) is 2.76. The van der Waals surface area contributed by atoms with Gasteiger partial charge in [-0.3, -0.25) is 0 Å². The van der Waals surface area contributed by atoms with Gasteiger partial charge < -0.3 is 0 Å². The number of sulfonamides is 1.